The van der Waals surface area contributed by atoms with Crippen molar-refractivity contribution in [1.82, 2.24) is 9.62 Å². The molecule has 1 aromatic carbocycles. The molecule has 1 aromatic heterocycles. The van der Waals surface area contributed by atoms with E-state index in [9.17, 15) is 13.2 Å². The summed E-state index contributed by atoms with van der Waals surface area (Å²) < 4.78 is 30.9. The van der Waals surface area contributed by atoms with E-state index in [2.05, 4.69) is 5.32 Å². The summed E-state index contributed by atoms with van der Waals surface area (Å²) in [6.45, 7) is 2.12. The van der Waals surface area contributed by atoms with Crippen molar-refractivity contribution in [3.63, 3.8) is 0 Å². The van der Waals surface area contributed by atoms with Gasteiger partial charge in [0.05, 0.1) is 11.2 Å². The molecule has 0 unspecified atom stereocenters. The van der Waals surface area contributed by atoms with Crippen LogP contribution in [0.15, 0.2) is 45.9 Å². The molecule has 0 saturated heterocycles. The van der Waals surface area contributed by atoms with Crippen LogP contribution in [0.3, 0.4) is 0 Å². The number of amides is 1. The van der Waals surface area contributed by atoms with Gasteiger partial charge in [-0.15, -0.1) is 0 Å². The number of carbonyl (C=O) groups excluding carboxylic acids is 1. The zero-order valence-corrected chi connectivity index (χ0v) is 14.2. The van der Waals surface area contributed by atoms with Crippen LogP contribution in [0.5, 0.6) is 0 Å². The van der Waals surface area contributed by atoms with Crippen molar-refractivity contribution in [2.75, 3.05) is 20.6 Å². The summed E-state index contributed by atoms with van der Waals surface area (Å²) in [7, 11) is -0.655. The Kier molecular flexibility index (Phi) is 5.23. The highest BCUT2D eigenvalue weighted by Crippen LogP contribution is 2.19. The van der Waals surface area contributed by atoms with Gasteiger partial charge < -0.3 is 9.73 Å². The Morgan fingerprint density at radius 2 is 2.00 bits per heavy atom. The van der Waals surface area contributed by atoms with Crippen molar-refractivity contribution >= 4 is 15.9 Å². The van der Waals surface area contributed by atoms with E-state index in [1.807, 2.05) is 6.07 Å². The lowest BCUT2D eigenvalue weighted by Gasteiger charge is -2.14. The van der Waals surface area contributed by atoms with Crippen molar-refractivity contribution in [2.45, 2.75) is 18.2 Å². The van der Waals surface area contributed by atoms with Gasteiger partial charge in [0.1, 0.15) is 5.76 Å². The average molecular weight is 336 g/mol. The maximum Gasteiger partial charge on any atom is 0.251 e. The molecule has 7 heteroatoms. The summed E-state index contributed by atoms with van der Waals surface area (Å²) in [5.41, 5.74) is 0.918. The third kappa shape index (κ3) is 4.00. The molecule has 6 nitrogen and oxygen atoms in total. The number of furan rings is 1. The molecule has 2 aromatic rings. The summed E-state index contributed by atoms with van der Waals surface area (Å²) in [4.78, 5) is 12.3. The summed E-state index contributed by atoms with van der Waals surface area (Å²) in [5, 5.41) is 2.76. The number of aryl methyl sites for hydroxylation is 1. The van der Waals surface area contributed by atoms with Gasteiger partial charge in [-0.2, -0.15) is 0 Å². The Bertz CT molecular complexity index is 780. The van der Waals surface area contributed by atoms with E-state index in [-0.39, 0.29) is 10.8 Å². The molecule has 1 amide bonds. The van der Waals surface area contributed by atoms with E-state index < -0.39 is 10.0 Å². The molecule has 1 heterocycles. The van der Waals surface area contributed by atoms with Gasteiger partial charge in [-0.25, -0.2) is 12.7 Å². The van der Waals surface area contributed by atoms with Gasteiger partial charge in [-0.05, 0) is 36.8 Å². The molecule has 0 saturated carbocycles. The maximum absolute atomic E-state index is 12.3. The molecule has 0 aliphatic heterocycles. The first-order valence-electron chi connectivity index (χ1n) is 7.16. The van der Waals surface area contributed by atoms with Gasteiger partial charge in [-0.1, -0.05) is 6.07 Å². The predicted molar refractivity (Wildman–Crippen MR) is 86.8 cm³/mol. The van der Waals surface area contributed by atoms with Crippen LogP contribution in [-0.2, 0) is 16.4 Å². The zero-order chi connectivity index (χ0) is 17.0. The summed E-state index contributed by atoms with van der Waals surface area (Å²) in [5.74, 6) is 0.469. The number of nitrogens with one attached hydrogen (secondary N) is 1. The van der Waals surface area contributed by atoms with E-state index in [0.717, 1.165) is 10.1 Å². The van der Waals surface area contributed by atoms with Crippen LogP contribution in [-0.4, -0.2) is 39.3 Å². The largest absolute Gasteiger partial charge is 0.469 e. The van der Waals surface area contributed by atoms with E-state index in [0.29, 0.717) is 24.1 Å². The molecule has 1 N–H and O–H groups in total. The van der Waals surface area contributed by atoms with Gasteiger partial charge in [0, 0.05) is 32.6 Å². The first kappa shape index (κ1) is 17.2. The molecule has 2 rings (SSSR count). The molecule has 0 fully saturated rings. The van der Waals surface area contributed by atoms with Crippen LogP contribution in [0, 0.1) is 6.92 Å². The van der Waals surface area contributed by atoms with Gasteiger partial charge in [0.15, 0.2) is 0 Å². The number of sulfonamides is 1. The van der Waals surface area contributed by atoms with Gasteiger partial charge in [0.2, 0.25) is 10.0 Å². The topological polar surface area (TPSA) is 79.6 Å². The maximum atomic E-state index is 12.3. The van der Waals surface area contributed by atoms with E-state index in [1.54, 1.807) is 31.4 Å². The molecular weight excluding hydrogens is 316 g/mol. The number of rotatable bonds is 6. The number of carbonyl (C=O) groups is 1. The highest BCUT2D eigenvalue weighted by molar-refractivity contribution is 7.89. The van der Waals surface area contributed by atoms with Crippen LogP contribution in [0.4, 0.5) is 0 Å². The number of hydrogen-bond acceptors (Lipinski definition) is 4. The molecule has 0 aliphatic rings. The standard InChI is InChI=1S/C16H20N2O4S/c1-12-6-7-13(11-15(12)23(20,21)18(2)3)16(19)17-9-8-14-5-4-10-22-14/h4-7,10-11H,8-9H2,1-3H3,(H,17,19). The first-order valence-corrected chi connectivity index (χ1v) is 8.60. The van der Waals surface area contributed by atoms with Crippen LogP contribution < -0.4 is 5.32 Å². The minimum Gasteiger partial charge on any atom is -0.469 e. The Labute approximate surface area is 136 Å². The molecule has 124 valence electrons. The third-order valence-corrected chi connectivity index (χ3v) is 5.40. The van der Waals surface area contributed by atoms with Crippen molar-refractivity contribution in [3.8, 4) is 0 Å². The average Bonchev–Trinajstić information content (AvgIpc) is 3.00. The van der Waals surface area contributed by atoms with Crippen molar-refractivity contribution < 1.29 is 17.6 Å². The number of benzene rings is 1. The molecule has 0 radical (unpaired) electrons. The summed E-state index contributed by atoms with van der Waals surface area (Å²) in [6, 6.07) is 8.28. The first-order chi connectivity index (χ1) is 10.8. The van der Waals surface area contributed by atoms with E-state index in [1.165, 1.54) is 20.2 Å². The lowest BCUT2D eigenvalue weighted by Crippen LogP contribution is -2.27. The van der Waals surface area contributed by atoms with Crippen molar-refractivity contribution in [1.29, 1.82) is 0 Å². The quantitative estimate of drug-likeness (QED) is 0.872. The molecule has 0 spiro atoms. The minimum atomic E-state index is -3.58. The van der Waals surface area contributed by atoms with Gasteiger partial charge in [0.25, 0.3) is 5.91 Å². The Morgan fingerprint density at radius 1 is 1.26 bits per heavy atom. The van der Waals surface area contributed by atoms with Crippen LogP contribution in [0.2, 0.25) is 0 Å². The van der Waals surface area contributed by atoms with Crippen LogP contribution in [0.25, 0.3) is 0 Å². The zero-order valence-electron chi connectivity index (χ0n) is 13.4. The Balaban J connectivity index is 2.12. The predicted octanol–water partition coefficient (Wildman–Crippen LogP) is 1.81. The molecule has 0 atom stereocenters. The highest BCUT2D eigenvalue weighted by Gasteiger charge is 2.21. The van der Waals surface area contributed by atoms with Gasteiger partial charge in [-0.3, -0.25) is 4.79 Å². The van der Waals surface area contributed by atoms with E-state index in [4.69, 9.17) is 4.42 Å². The lowest BCUT2D eigenvalue weighted by molar-refractivity contribution is 0.0953. The highest BCUT2D eigenvalue weighted by atomic mass is 32.2. The fourth-order valence-electron chi connectivity index (χ4n) is 2.07. The monoisotopic (exact) mass is 336 g/mol. The molecule has 23 heavy (non-hydrogen) atoms. The fraction of sp³-hybridized carbons (Fsp3) is 0.312. The summed E-state index contributed by atoms with van der Waals surface area (Å²) >= 11 is 0. The molecular formula is C16H20N2O4S. The molecule has 0 aliphatic carbocycles. The smallest absolute Gasteiger partial charge is 0.251 e. The van der Waals surface area contributed by atoms with Crippen molar-refractivity contribution in [2.24, 2.45) is 0 Å². The number of nitrogens with zero attached hydrogens (tertiary/aromatic N) is 1. The van der Waals surface area contributed by atoms with Gasteiger partial charge >= 0.3 is 0 Å². The third-order valence-electron chi connectivity index (χ3n) is 3.45. The van der Waals surface area contributed by atoms with Crippen LogP contribution >= 0.6 is 0 Å². The Hall–Kier alpha value is -2.12. The second kappa shape index (κ2) is 6.97. The van der Waals surface area contributed by atoms with Crippen molar-refractivity contribution in [3.05, 3.63) is 53.5 Å². The second-order valence-electron chi connectivity index (χ2n) is 5.35. The minimum absolute atomic E-state index is 0.140. The normalized spacial score (nSPS) is 11.7. The fourth-order valence-corrected chi connectivity index (χ4v) is 3.22. The van der Waals surface area contributed by atoms with Crippen LogP contribution in [0.1, 0.15) is 21.7 Å². The SMILES string of the molecule is Cc1ccc(C(=O)NCCc2ccco2)cc1S(=O)(=O)N(C)C. The number of hydrogen-bond donors (Lipinski definition) is 1. The lowest BCUT2D eigenvalue weighted by atomic mass is 10.1. The summed E-state index contributed by atoms with van der Waals surface area (Å²) in [6.07, 6.45) is 2.16. The second-order valence-corrected chi connectivity index (χ2v) is 7.47. The molecule has 0 bridgehead atoms. The Morgan fingerprint density at radius 3 is 2.61 bits per heavy atom. The van der Waals surface area contributed by atoms with E-state index >= 15 is 0 Å².